The van der Waals surface area contributed by atoms with Crippen LogP contribution in [0.4, 0.5) is 10.5 Å². The Morgan fingerprint density at radius 3 is 2.43 bits per heavy atom. The van der Waals surface area contributed by atoms with Crippen LogP contribution in [0.25, 0.3) is 0 Å². The van der Waals surface area contributed by atoms with Crippen LogP contribution in [0.1, 0.15) is 25.8 Å². The minimum absolute atomic E-state index is 0.0313. The number of amides is 2. The summed E-state index contributed by atoms with van der Waals surface area (Å²) in [6.45, 7) is 7.17. The van der Waals surface area contributed by atoms with E-state index in [4.69, 9.17) is 5.26 Å². The van der Waals surface area contributed by atoms with Crippen molar-refractivity contribution in [3.8, 4) is 6.07 Å². The van der Waals surface area contributed by atoms with Gasteiger partial charge in [-0.05, 0) is 37.6 Å². The molecule has 1 aliphatic rings. The van der Waals surface area contributed by atoms with Crippen LogP contribution in [0.15, 0.2) is 24.3 Å². The third-order valence-electron chi connectivity index (χ3n) is 3.91. The SMILES string of the molecule is CCC(C)NC(=O)N1CCN(c2ccc(C#N)cc2)CC1. The molecule has 1 atom stereocenters. The van der Waals surface area contributed by atoms with Crippen LogP contribution in [-0.4, -0.2) is 43.2 Å². The summed E-state index contributed by atoms with van der Waals surface area (Å²) in [4.78, 5) is 16.2. The molecule has 2 amide bonds. The minimum Gasteiger partial charge on any atom is -0.368 e. The first-order chi connectivity index (χ1) is 10.1. The number of urea groups is 1. The molecule has 0 bridgehead atoms. The van der Waals surface area contributed by atoms with Crippen LogP contribution in [-0.2, 0) is 0 Å². The Hall–Kier alpha value is -2.22. The van der Waals surface area contributed by atoms with Crippen molar-refractivity contribution in [2.45, 2.75) is 26.3 Å². The number of nitrogens with zero attached hydrogens (tertiary/aromatic N) is 3. The second-order valence-electron chi connectivity index (χ2n) is 5.39. The molecule has 1 saturated heterocycles. The summed E-state index contributed by atoms with van der Waals surface area (Å²) in [5.41, 5.74) is 1.78. The standard InChI is InChI=1S/C16H22N4O/c1-3-13(2)18-16(21)20-10-8-19(9-11-20)15-6-4-14(12-17)5-7-15/h4-7,13H,3,8-11H2,1-2H3,(H,18,21). The van der Waals surface area contributed by atoms with Gasteiger partial charge >= 0.3 is 6.03 Å². The van der Waals surface area contributed by atoms with Crippen molar-refractivity contribution in [3.05, 3.63) is 29.8 Å². The van der Waals surface area contributed by atoms with E-state index in [1.54, 1.807) is 0 Å². The number of hydrogen-bond acceptors (Lipinski definition) is 3. The molecular weight excluding hydrogens is 264 g/mol. The average Bonchev–Trinajstić information content (AvgIpc) is 2.55. The molecule has 21 heavy (non-hydrogen) atoms. The topological polar surface area (TPSA) is 59.4 Å². The summed E-state index contributed by atoms with van der Waals surface area (Å²) in [5.74, 6) is 0. The van der Waals surface area contributed by atoms with Crippen molar-refractivity contribution in [1.82, 2.24) is 10.2 Å². The number of anilines is 1. The van der Waals surface area contributed by atoms with Crippen molar-refractivity contribution in [2.75, 3.05) is 31.1 Å². The summed E-state index contributed by atoms with van der Waals surface area (Å²) < 4.78 is 0. The molecule has 0 radical (unpaired) electrons. The maximum absolute atomic E-state index is 12.1. The molecule has 1 heterocycles. The van der Waals surface area contributed by atoms with Crippen molar-refractivity contribution in [2.24, 2.45) is 0 Å². The largest absolute Gasteiger partial charge is 0.368 e. The first-order valence-corrected chi connectivity index (χ1v) is 7.44. The third-order valence-corrected chi connectivity index (χ3v) is 3.91. The van der Waals surface area contributed by atoms with Gasteiger partial charge in [0.2, 0.25) is 0 Å². The lowest BCUT2D eigenvalue weighted by Gasteiger charge is -2.36. The maximum atomic E-state index is 12.1. The molecular formula is C16H22N4O. The van der Waals surface area contributed by atoms with Gasteiger partial charge in [-0.1, -0.05) is 6.92 Å². The second-order valence-corrected chi connectivity index (χ2v) is 5.39. The highest BCUT2D eigenvalue weighted by Crippen LogP contribution is 2.17. The fourth-order valence-corrected chi connectivity index (χ4v) is 2.32. The highest BCUT2D eigenvalue weighted by Gasteiger charge is 2.21. The number of hydrogen-bond donors (Lipinski definition) is 1. The summed E-state index contributed by atoms with van der Waals surface area (Å²) in [6, 6.07) is 9.96. The molecule has 5 nitrogen and oxygen atoms in total. The second kappa shape index (κ2) is 6.98. The summed E-state index contributed by atoms with van der Waals surface area (Å²) >= 11 is 0. The Kier molecular flexibility index (Phi) is 5.04. The van der Waals surface area contributed by atoms with E-state index in [0.29, 0.717) is 5.56 Å². The fourth-order valence-electron chi connectivity index (χ4n) is 2.32. The average molecular weight is 286 g/mol. The fraction of sp³-hybridized carbons (Fsp3) is 0.500. The van der Waals surface area contributed by atoms with Gasteiger partial charge in [0.15, 0.2) is 0 Å². The Bertz CT molecular complexity index is 512. The molecule has 0 saturated carbocycles. The van der Waals surface area contributed by atoms with Gasteiger partial charge < -0.3 is 15.1 Å². The van der Waals surface area contributed by atoms with Crippen LogP contribution in [0, 0.1) is 11.3 Å². The predicted octanol–water partition coefficient (Wildman–Crippen LogP) is 2.19. The molecule has 0 aliphatic carbocycles. The van der Waals surface area contributed by atoms with E-state index in [1.165, 1.54) is 0 Å². The molecule has 0 spiro atoms. The van der Waals surface area contributed by atoms with E-state index in [0.717, 1.165) is 38.3 Å². The molecule has 1 aromatic rings. The van der Waals surface area contributed by atoms with Crippen LogP contribution in [0.5, 0.6) is 0 Å². The highest BCUT2D eigenvalue weighted by molar-refractivity contribution is 5.74. The normalized spacial score (nSPS) is 16.2. The Morgan fingerprint density at radius 2 is 1.90 bits per heavy atom. The minimum atomic E-state index is 0.0313. The van der Waals surface area contributed by atoms with Crippen molar-refractivity contribution in [1.29, 1.82) is 5.26 Å². The predicted molar refractivity (Wildman–Crippen MR) is 83.2 cm³/mol. The van der Waals surface area contributed by atoms with Crippen LogP contribution >= 0.6 is 0 Å². The maximum Gasteiger partial charge on any atom is 0.317 e. The van der Waals surface area contributed by atoms with E-state index < -0.39 is 0 Å². The molecule has 1 fully saturated rings. The molecule has 0 aromatic heterocycles. The number of piperazine rings is 1. The van der Waals surface area contributed by atoms with Gasteiger partial charge in [-0.25, -0.2) is 4.79 Å². The van der Waals surface area contributed by atoms with Gasteiger partial charge in [-0.2, -0.15) is 5.26 Å². The first kappa shape index (κ1) is 15.2. The zero-order valence-electron chi connectivity index (χ0n) is 12.7. The number of nitrogens with one attached hydrogen (secondary N) is 1. The summed E-state index contributed by atoms with van der Waals surface area (Å²) in [7, 11) is 0. The van der Waals surface area contributed by atoms with E-state index >= 15 is 0 Å². The molecule has 2 rings (SSSR count). The third kappa shape index (κ3) is 3.88. The van der Waals surface area contributed by atoms with Gasteiger partial charge in [0.25, 0.3) is 0 Å². The van der Waals surface area contributed by atoms with E-state index in [9.17, 15) is 4.79 Å². The zero-order valence-corrected chi connectivity index (χ0v) is 12.7. The van der Waals surface area contributed by atoms with Crippen LogP contribution in [0.3, 0.4) is 0 Å². The van der Waals surface area contributed by atoms with E-state index in [-0.39, 0.29) is 12.1 Å². The lowest BCUT2D eigenvalue weighted by Crippen LogP contribution is -2.53. The van der Waals surface area contributed by atoms with Crippen molar-refractivity contribution >= 4 is 11.7 Å². The molecule has 1 aromatic carbocycles. The molecule has 1 N–H and O–H groups in total. The molecule has 5 heteroatoms. The Balaban J connectivity index is 1.88. The zero-order chi connectivity index (χ0) is 15.2. The van der Waals surface area contributed by atoms with Gasteiger partial charge in [-0.3, -0.25) is 0 Å². The monoisotopic (exact) mass is 286 g/mol. The van der Waals surface area contributed by atoms with Crippen LogP contribution < -0.4 is 10.2 Å². The smallest absolute Gasteiger partial charge is 0.317 e. The number of carbonyl (C=O) groups is 1. The Morgan fingerprint density at radius 1 is 1.29 bits per heavy atom. The lowest BCUT2D eigenvalue weighted by molar-refractivity contribution is 0.191. The Labute approximate surface area is 126 Å². The van der Waals surface area contributed by atoms with Gasteiger partial charge in [-0.15, -0.1) is 0 Å². The van der Waals surface area contributed by atoms with Crippen molar-refractivity contribution < 1.29 is 4.79 Å². The number of nitriles is 1. The molecule has 1 unspecified atom stereocenters. The summed E-state index contributed by atoms with van der Waals surface area (Å²) in [5, 5.41) is 11.8. The van der Waals surface area contributed by atoms with Gasteiger partial charge in [0.05, 0.1) is 11.6 Å². The quantitative estimate of drug-likeness (QED) is 0.926. The molecule has 1 aliphatic heterocycles. The molecule has 112 valence electrons. The number of benzene rings is 1. The summed E-state index contributed by atoms with van der Waals surface area (Å²) in [6.07, 6.45) is 0.941. The first-order valence-electron chi connectivity index (χ1n) is 7.44. The van der Waals surface area contributed by atoms with E-state index in [1.807, 2.05) is 36.1 Å². The van der Waals surface area contributed by atoms with E-state index in [2.05, 4.69) is 23.2 Å². The number of carbonyl (C=O) groups excluding carboxylic acids is 1. The van der Waals surface area contributed by atoms with Crippen molar-refractivity contribution in [3.63, 3.8) is 0 Å². The lowest BCUT2D eigenvalue weighted by atomic mass is 10.2. The van der Waals surface area contributed by atoms with Gasteiger partial charge in [0.1, 0.15) is 0 Å². The van der Waals surface area contributed by atoms with Gasteiger partial charge in [0, 0.05) is 37.9 Å². The number of rotatable bonds is 3. The highest BCUT2D eigenvalue weighted by atomic mass is 16.2. The van der Waals surface area contributed by atoms with Crippen LogP contribution in [0.2, 0.25) is 0 Å².